The van der Waals surface area contributed by atoms with E-state index in [0.29, 0.717) is 22.6 Å². The number of carboxylic acids is 2. The van der Waals surface area contributed by atoms with E-state index in [-0.39, 0.29) is 23.2 Å². The van der Waals surface area contributed by atoms with Crippen LogP contribution in [0.3, 0.4) is 0 Å². The van der Waals surface area contributed by atoms with Gasteiger partial charge in [-0.15, -0.1) is 0 Å². The molecule has 9 aromatic rings. The van der Waals surface area contributed by atoms with Crippen molar-refractivity contribution in [2.45, 2.75) is 68.9 Å². The quantitative estimate of drug-likeness (QED) is 0.120. The van der Waals surface area contributed by atoms with Gasteiger partial charge in [0, 0.05) is 81.1 Å². The van der Waals surface area contributed by atoms with Gasteiger partial charge in [-0.2, -0.15) is 25.1 Å². The monoisotopic (exact) mass is 1040 g/mol. The number of rotatable bonds is 4. The number of aromatic amines is 2. The summed E-state index contributed by atoms with van der Waals surface area (Å²) in [6, 6.07) is 31.9. The normalized spacial score (nSPS) is 9.45. The van der Waals surface area contributed by atoms with Crippen molar-refractivity contribution in [2.75, 3.05) is 0 Å². The Kier molecular flexibility index (Phi) is 27.5. The maximum Gasteiger partial charge on any atom is 0.341 e. The van der Waals surface area contributed by atoms with Crippen LogP contribution in [0.4, 0.5) is 0 Å². The van der Waals surface area contributed by atoms with E-state index >= 15 is 0 Å². The number of carboxylic acid groups (broad SMARTS) is 2. The van der Waals surface area contributed by atoms with Crippen LogP contribution in [0.25, 0.3) is 11.3 Å². The summed E-state index contributed by atoms with van der Waals surface area (Å²) >= 11 is 0. The highest BCUT2D eigenvalue weighted by atomic mass is 16.5. The molecule has 4 N–H and O–H groups in total. The molecule has 9 rings (SSSR count). The van der Waals surface area contributed by atoms with Gasteiger partial charge in [0.1, 0.15) is 12.1 Å². The van der Waals surface area contributed by atoms with E-state index in [1.165, 1.54) is 42.6 Å². The summed E-state index contributed by atoms with van der Waals surface area (Å²) in [5.74, 6) is -2.30. The molecule has 9 heterocycles. The van der Waals surface area contributed by atoms with E-state index in [2.05, 4.69) is 50.5 Å². The van der Waals surface area contributed by atoms with Crippen molar-refractivity contribution in [2.24, 2.45) is 7.05 Å². The minimum atomic E-state index is -1.22. The second-order valence-corrected chi connectivity index (χ2v) is 16.0. The van der Waals surface area contributed by atoms with Crippen molar-refractivity contribution >= 4 is 11.9 Å². The highest BCUT2D eigenvalue weighted by molar-refractivity contribution is 5.87. The molecule has 0 radical (unpaired) electrons. The number of nitrogens with one attached hydrogen (secondary N) is 2. The van der Waals surface area contributed by atoms with Crippen LogP contribution < -0.4 is 27.0 Å². The first-order valence-electron chi connectivity index (χ1n) is 22.9. The molecule has 76 heavy (non-hydrogen) atoms. The maximum atomic E-state index is 11.4. The SMILES string of the molecule is Cc1cc(-c2ccccn2)c(=O)[nH]n1.Cc1cc(=O)[nH]nc1C.Cc1cc(C(=O)O)c(=O)n(C)n1.Cc1ccc(=O)n(CC(=O)O)n1.Cc1cccc[n+]1[O-].Cc1ccccn1.Cc1cccnc1.Cc1ccncc1. The standard InChI is InChI=1S/C10H9N3O.2C7H8N2O3.C6H8N2O.C6H7NO.3C6H7N/c1-7-6-8(10(14)13-12-7)9-4-2-3-5-11-9;1-4-3-5(7(11)12)6(10)9(2)8-4;1-5-2-3-6(10)9(8-5)4-7(11)12;1-4-3-6(9)8-7-5(4)2;1-6-4-2-3-5-7(6)8;1-6-2-4-7-5-3-6;1-6-3-2-4-7-5-6;1-6-4-2-3-5-7-6/h2-6H,1H3,(H,13,14);3H,1-2H3,(H,11,12);2-3H,4H2,1H3,(H,11,12);3H,1-2H3,(H,8,9);2-5H,1H3;3*2-5H,1H3. The lowest BCUT2D eigenvalue weighted by atomic mass is 10.2. The van der Waals surface area contributed by atoms with Crippen LogP contribution in [0.1, 0.15) is 61.2 Å². The number of hydrogen-bond donors (Lipinski definition) is 4. The van der Waals surface area contributed by atoms with Crippen LogP contribution in [0.5, 0.6) is 0 Å². The molecule has 0 atom stereocenters. The predicted octanol–water partition coefficient (Wildman–Crippen LogP) is 5.75. The summed E-state index contributed by atoms with van der Waals surface area (Å²) in [4.78, 5) is 80.5. The Balaban J connectivity index is 0.000000301. The molecular formula is C54H61N13O9. The molecule has 0 saturated heterocycles. The molecule has 22 heteroatoms. The number of aromatic nitrogens is 13. The Bertz CT molecular complexity index is 3300. The molecule has 0 aliphatic rings. The number of aromatic carboxylic acids is 1. The fourth-order valence-electron chi connectivity index (χ4n) is 5.32. The van der Waals surface area contributed by atoms with Crippen molar-refractivity contribution < 1.29 is 24.5 Å². The van der Waals surface area contributed by atoms with Crippen LogP contribution >= 0.6 is 0 Å². The lowest BCUT2D eigenvalue weighted by Crippen LogP contribution is -2.28. The number of pyridine rings is 5. The van der Waals surface area contributed by atoms with Gasteiger partial charge in [0.2, 0.25) is 0 Å². The largest absolute Gasteiger partial charge is 0.619 e. The highest BCUT2D eigenvalue weighted by Gasteiger charge is 2.10. The van der Waals surface area contributed by atoms with Gasteiger partial charge in [0.25, 0.3) is 22.2 Å². The van der Waals surface area contributed by atoms with Gasteiger partial charge < -0.3 is 15.4 Å². The Morgan fingerprint density at radius 2 is 1.29 bits per heavy atom. The fraction of sp³-hybridized carbons (Fsp3) is 0.204. The first-order chi connectivity index (χ1) is 36.1. The van der Waals surface area contributed by atoms with Crippen LogP contribution in [-0.2, 0) is 18.4 Å². The molecule has 9 aromatic heterocycles. The zero-order valence-corrected chi connectivity index (χ0v) is 43.8. The van der Waals surface area contributed by atoms with E-state index in [1.807, 2.05) is 108 Å². The first kappa shape index (κ1) is 62.1. The maximum absolute atomic E-state index is 11.4. The van der Waals surface area contributed by atoms with Gasteiger partial charge in [-0.1, -0.05) is 24.3 Å². The molecule has 22 nitrogen and oxygen atoms in total. The van der Waals surface area contributed by atoms with Crippen LogP contribution in [0, 0.1) is 67.5 Å². The molecule has 396 valence electrons. The van der Waals surface area contributed by atoms with Crippen molar-refractivity contribution in [1.29, 1.82) is 0 Å². The molecule has 0 saturated carbocycles. The van der Waals surface area contributed by atoms with E-state index in [4.69, 9.17) is 10.2 Å². The van der Waals surface area contributed by atoms with Gasteiger partial charge in [-0.05, 0) is 133 Å². The summed E-state index contributed by atoms with van der Waals surface area (Å²) in [6.45, 7) is 16.3. The molecule has 0 aliphatic carbocycles. The summed E-state index contributed by atoms with van der Waals surface area (Å²) in [5, 5.41) is 47.3. The summed E-state index contributed by atoms with van der Waals surface area (Å²) in [7, 11) is 1.42. The van der Waals surface area contributed by atoms with Gasteiger partial charge in [0.15, 0.2) is 11.9 Å². The van der Waals surface area contributed by atoms with Gasteiger partial charge in [-0.3, -0.25) is 43.9 Å². The van der Waals surface area contributed by atoms with Crippen molar-refractivity contribution in [1.82, 2.24) is 59.9 Å². The van der Waals surface area contributed by atoms with E-state index < -0.39 is 23.1 Å². The number of hydrogen-bond acceptors (Lipinski definition) is 15. The number of aryl methyl sites for hydroxylation is 10. The molecule has 0 spiro atoms. The summed E-state index contributed by atoms with van der Waals surface area (Å²) in [6.07, 6.45) is 12.1. The third-order valence-corrected chi connectivity index (χ3v) is 9.31. The third kappa shape index (κ3) is 25.4. The molecule has 0 unspecified atom stereocenters. The molecule has 0 amide bonds. The number of aliphatic carboxylic acids is 1. The number of H-pyrrole nitrogens is 2. The second kappa shape index (κ2) is 33.6. The average Bonchev–Trinajstić information content (AvgIpc) is 3.39. The van der Waals surface area contributed by atoms with Crippen LogP contribution in [0.15, 0.2) is 172 Å². The topological polar surface area (TPSA) is 314 Å². The molecule has 0 aliphatic heterocycles. The summed E-state index contributed by atoms with van der Waals surface area (Å²) < 4.78 is 2.76. The zero-order chi connectivity index (χ0) is 56.6. The first-order valence-corrected chi connectivity index (χ1v) is 22.9. The number of carbonyl (C=O) groups is 2. The van der Waals surface area contributed by atoms with E-state index in [9.17, 15) is 34.0 Å². The lowest BCUT2D eigenvalue weighted by Gasteiger charge is -1.99. The van der Waals surface area contributed by atoms with E-state index in [0.717, 1.165) is 42.4 Å². The predicted molar refractivity (Wildman–Crippen MR) is 286 cm³/mol. The van der Waals surface area contributed by atoms with E-state index in [1.54, 1.807) is 82.1 Å². The third-order valence-electron chi connectivity index (χ3n) is 9.31. The zero-order valence-electron chi connectivity index (χ0n) is 43.8. The van der Waals surface area contributed by atoms with Gasteiger partial charge in [-0.25, -0.2) is 24.4 Å². The van der Waals surface area contributed by atoms with Crippen LogP contribution in [-0.4, -0.2) is 82.0 Å². The number of nitrogens with zero attached hydrogens (tertiary/aromatic N) is 11. The molecule has 0 fully saturated rings. The smallest absolute Gasteiger partial charge is 0.341 e. The Morgan fingerprint density at radius 3 is 1.75 bits per heavy atom. The molecular weight excluding hydrogens is 975 g/mol. The van der Waals surface area contributed by atoms with Gasteiger partial charge in [0.05, 0.1) is 34.0 Å². The highest BCUT2D eigenvalue weighted by Crippen LogP contribution is 2.10. The fourth-order valence-corrected chi connectivity index (χ4v) is 5.32. The van der Waals surface area contributed by atoms with Crippen molar-refractivity contribution in [3.05, 3.63) is 256 Å². The molecule has 0 bridgehead atoms. The minimum Gasteiger partial charge on any atom is -0.619 e. The Hall–Kier alpha value is -9.99. The summed E-state index contributed by atoms with van der Waals surface area (Å²) in [5.41, 5.74) is 7.60. The minimum absolute atomic E-state index is 0.141. The Labute approximate surface area is 437 Å². The average molecular weight is 1040 g/mol. The van der Waals surface area contributed by atoms with Crippen LogP contribution in [0.2, 0.25) is 0 Å². The lowest BCUT2D eigenvalue weighted by molar-refractivity contribution is -0.612. The molecule has 0 aromatic carbocycles. The Morgan fingerprint density at radius 1 is 0.618 bits per heavy atom. The van der Waals surface area contributed by atoms with Crippen molar-refractivity contribution in [3.8, 4) is 11.3 Å². The van der Waals surface area contributed by atoms with Gasteiger partial charge >= 0.3 is 11.9 Å². The second-order valence-electron chi connectivity index (χ2n) is 16.0. The van der Waals surface area contributed by atoms with Crippen molar-refractivity contribution in [3.63, 3.8) is 0 Å².